The topological polar surface area (TPSA) is 64.7 Å². The van der Waals surface area contributed by atoms with E-state index in [0.29, 0.717) is 23.2 Å². The molecule has 0 saturated heterocycles. The lowest BCUT2D eigenvalue weighted by atomic mass is 9.92. The Balaban J connectivity index is 0.994. The third kappa shape index (κ3) is 5.94. The van der Waals surface area contributed by atoms with Gasteiger partial charge in [-0.05, 0) is 84.9 Å². The highest BCUT2D eigenvalue weighted by molar-refractivity contribution is 6.16. The normalized spacial score (nSPS) is 11.6. The highest BCUT2D eigenvalue weighted by Gasteiger charge is 2.20. The van der Waals surface area contributed by atoms with Gasteiger partial charge in [0.2, 0.25) is 5.71 Å². The lowest BCUT2D eigenvalue weighted by Gasteiger charge is -2.14. The fraction of sp³-hybridized carbons (Fsp3) is 0. The second-order valence-corrected chi connectivity index (χ2v) is 15.3. The zero-order valence-electron chi connectivity index (χ0n) is 32.8. The van der Waals surface area contributed by atoms with Crippen molar-refractivity contribution >= 4 is 54.4 Å². The smallest absolute Gasteiger partial charge is 0.227 e. The van der Waals surface area contributed by atoms with Crippen molar-refractivity contribution in [2.75, 3.05) is 0 Å². The van der Waals surface area contributed by atoms with Crippen LogP contribution >= 0.6 is 0 Å². The highest BCUT2D eigenvalue weighted by atomic mass is 16.3. The molecule has 9 aromatic carbocycles. The molecule has 0 radical (unpaired) electrons. The molecule has 0 spiro atoms. The van der Waals surface area contributed by atoms with Crippen LogP contribution in [-0.2, 0) is 0 Å². The van der Waals surface area contributed by atoms with E-state index in [4.69, 9.17) is 24.4 Å². The molecule has 284 valence electrons. The first-order chi connectivity index (χ1) is 30.2. The lowest BCUT2D eigenvalue weighted by Crippen LogP contribution is -2.00. The van der Waals surface area contributed by atoms with Gasteiger partial charge in [0.15, 0.2) is 17.5 Å². The van der Waals surface area contributed by atoms with Gasteiger partial charge in [0, 0.05) is 33.0 Å². The summed E-state index contributed by atoms with van der Waals surface area (Å²) in [6, 6.07) is 71.7. The van der Waals surface area contributed by atoms with E-state index in [1.807, 2.05) is 36.4 Å². The fourth-order valence-corrected chi connectivity index (χ4v) is 8.87. The van der Waals surface area contributed by atoms with E-state index in [1.165, 1.54) is 21.9 Å². The summed E-state index contributed by atoms with van der Waals surface area (Å²) in [6.45, 7) is 0. The summed E-state index contributed by atoms with van der Waals surface area (Å²) in [5, 5.41) is 8.78. The molecule has 3 aromatic heterocycles. The van der Waals surface area contributed by atoms with Crippen LogP contribution in [0.2, 0.25) is 0 Å². The zero-order valence-corrected chi connectivity index (χ0v) is 32.8. The minimum Gasteiger partial charge on any atom is -0.438 e. The Hall–Kier alpha value is -8.28. The van der Waals surface area contributed by atoms with Crippen molar-refractivity contribution in [1.82, 2.24) is 19.9 Å². The van der Waals surface area contributed by atoms with E-state index in [-0.39, 0.29) is 0 Å². The number of aromatic nitrogens is 4. The van der Waals surface area contributed by atoms with Gasteiger partial charge in [-0.3, -0.25) is 0 Å². The molecule has 0 fully saturated rings. The summed E-state index contributed by atoms with van der Waals surface area (Å²) in [4.78, 5) is 20.5. The third-order valence-corrected chi connectivity index (χ3v) is 11.8. The molecule has 61 heavy (non-hydrogen) atoms. The first-order valence-corrected chi connectivity index (χ1v) is 20.5. The van der Waals surface area contributed by atoms with Crippen LogP contribution in [0, 0.1) is 0 Å². The Kier molecular flexibility index (Phi) is 8.10. The standard InChI is InChI=1S/C56H34N4O/c1-3-15-36(16-4-1)40-28-30-46(43-22-11-9-20-41(40)43)50-33-32-49-52-47(24-13-25-51(52)61-56(49)57-50)45-29-31-48(44-23-12-10-21-42(44)45)55-59-53(37-17-5-2-6-18-37)58-54(60-55)39-27-26-35-14-7-8-19-38(35)34-39/h1-34H. The van der Waals surface area contributed by atoms with Crippen LogP contribution in [0.25, 0.3) is 122 Å². The first kappa shape index (κ1) is 34.7. The second-order valence-electron chi connectivity index (χ2n) is 15.3. The van der Waals surface area contributed by atoms with Crippen molar-refractivity contribution in [2.24, 2.45) is 0 Å². The summed E-state index contributed by atoms with van der Waals surface area (Å²) >= 11 is 0. The van der Waals surface area contributed by atoms with Crippen LogP contribution in [-0.4, -0.2) is 19.9 Å². The van der Waals surface area contributed by atoms with Crippen molar-refractivity contribution in [3.63, 3.8) is 0 Å². The maximum Gasteiger partial charge on any atom is 0.227 e. The molecule has 0 unspecified atom stereocenters. The molecular weight excluding hydrogens is 745 g/mol. The van der Waals surface area contributed by atoms with Crippen molar-refractivity contribution < 1.29 is 4.42 Å². The molecule has 12 rings (SSSR count). The van der Waals surface area contributed by atoms with Gasteiger partial charge < -0.3 is 4.42 Å². The Morgan fingerprint density at radius 1 is 0.295 bits per heavy atom. The molecular formula is C56H34N4O. The molecule has 3 heterocycles. The monoisotopic (exact) mass is 778 g/mol. The zero-order chi connectivity index (χ0) is 40.3. The van der Waals surface area contributed by atoms with Gasteiger partial charge in [0.1, 0.15) is 5.58 Å². The molecule has 0 aliphatic rings. The van der Waals surface area contributed by atoms with Crippen molar-refractivity contribution in [3.8, 4) is 67.7 Å². The average Bonchev–Trinajstić information content (AvgIpc) is 3.72. The maximum atomic E-state index is 6.59. The number of hydrogen-bond acceptors (Lipinski definition) is 5. The lowest BCUT2D eigenvalue weighted by molar-refractivity contribution is 0.655. The molecule has 0 aliphatic carbocycles. The van der Waals surface area contributed by atoms with E-state index in [9.17, 15) is 0 Å². The number of furan rings is 1. The van der Waals surface area contributed by atoms with Gasteiger partial charge in [-0.2, -0.15) is 0 Å². The number of pyridine rings is 1. The summed E-state index contributed by atoms with van der Waals surface area (Å²) in [6.07, 6.45) is 0. The van der Waals surface area contributed by atoms with Crippen molar-refractivity contribution in [2.45, 2.75) is 0 Å². The van der Waals surface area contributed by atoms with E-state index < -0.39 is 0 Å². The highest BCUT2D eigenvalue weighted by Crippen LogP contribution is 2.43. The van der Waals surface area contributed by atoms with E-state index in [0.717, 1.165) is 77.0 Å². The Morgan fingerprint density at radius 2 is 0.869 bits per heavy atom. The predicted molar refractivity (Wildman–Crippen MR) is 250 cm³/mol. The SMILES string of the molecule is c1ccc(-c2nc(-c3ccc4ccccc4c3)nc(-c3ccc(-c4cccc5oc6nc(-c7ccc(-c8ccccc8)c8ccccc78)ccc6c45)c4ccccc34)n2)cc1. The quantitative estimate of drug-likeness (QED) is 0.168. The minimum atomic E-state index is 0.608. The maximum absolute atomic E-state index is 6.59. The average molecular weight is 779 g/mol. The number of benzene rings is 9. The van der Waals surface area contributed by atoms with E-state index >= 15 is 0 Å². The molecule has 5 nitrogen and oxygen atoms in total. The van der Waals surface area contributed by atoms with Gasteiger partial charge in [0.05, 0.1) is 5.69 Å². The van der Waals surface area contributed by atoms with Crippen LogP contribution in [0.1, 0.15) is 0 Å². The van der Waals surface area contributed by atoms with Crippen molar-refractivity contribution in [3.05, 3.63) is 206 Å². The van der Waals surface area contributed by atoms with E-state index in [1.54, 1.807) is 0 Å². The van der Waals surface area contributed by atoms with Crippen LogP contribution in [0.5, 0.6) is 0 Å². The minimum absolute atomic E-state index is 0.608. The fourth-order valence-electron chi connectivity index (χ4n) is 8.87. The summed E-state index contributed by atoms with van der Waals surface area (Å²) in [7, 11) is 0. The molecule has 12 aromatic rings. The Morgan fingerprint density at radius 3 is 1.64 bits per heavy atom. The predicted octanol–water partition coefficient (Wildman–Crippen LogP) is 14.6. The van der Waals surface area contributed by atoms with Crippen LogP contribution in [0.4, 0.5) is 0 Å². The van der Waals surface area contributed by atoms with Crippen LogP contribution in [0.3, 0.4) is 0 Å². The van der Waals surface area contributed by atoms with Crippen LogP contribution in [0.15, 0.2) is 211 Å². The molecule has 0 atom stereocenters. The van der Waals surface area contributed by atoms with Gasteiger partial charge in [-0.1, -0.05) is 176 Å². The number of fused-ring (bicyclic) bond motifs is 6. The molecule has 5 heteroatoms. The van der Waals surface area contributed by atoms with E-state index in [2.05, 4.69) is 170 Å². The largest absolute Gasteiger partial charge is 0.438 e. The Labute approximate surface area is 351 Å². The van der Waals surface area contributed by atoms with Crippen LogP contribution < -0.4 is 0 Å². The molecule has 0 saturated carbocycles. The third-order valence-electron chi connectivity index (χ3n) is 11.8. The summed E-state index contributed by atoms with van der Waals surface area (Å²) < 4.78 is 6.59. The van der Waals surface area contributed by atoms with Gasteiger partial charge >= 0.3 is 0 Å². The number of nitrogens with zero attached hydrogens (tertiary/aromatic N) is 4. The van der Waals surface area contributed by atoms with Gasteiger partial charge in [0.25, 0.3) is 0 Å². The summed E-state index contributed by atoms with van der Waals surface area (Å²) in [5.74, 6) is 1.88. The number of hydrogen-bond donors (Lipinski definition) is 0. The number of rotatable bonds is 6. The molecule has 0 N–H and O–H groups in total. The second kappa shape index (κ2) is 14.2. The van der Waals surface area contributed by atoms with Gasteiger partial charge in [-0.25, -0.2) is 19.9 Å². The molecule has 0 aliphatic heterocycles. The van der Waals surface area contributed by atoms with Gasteiger partial charge in [-0.15, -0.1) is 0 Å². The first-order valence-electron chi connectivity index (χ1n) is 20.5. The summed E-state index contributed by atoms with van der Waals surface area (Å²) in [5.41, 5.74) is 10.7. The Bertz CT molecular complexity index is 3650. The molecule has 0 amide bonds. The van der Waals surface area contributed by atoms with Crippen molar-refractivity contribution in [1.29, 1.82) is 0 Å². The molecule has 0 bridgehead atoms.